The summed E-state index contributed by atoms with van der Waals surface area (Å²) < 4.78 is 6.00. The summed E-state index contributed by atoms with van der Waals surface area (Å²) in [4.78, 5) is 23.2. The molecule has 1 amide bonds. The Bertz CT molecular complexity index is 1270. The molecule has 0 atom stereocenters. The number of hydrogen-bond donors (Lipinski definition) is 0. The van der Waals surface area contributed by atoms with E-state index in [1.165, 1.54) is 0 Å². The van der Waals surface area contributed by atoms with Gasteiger partial charge >= 0.3 is 0 Å². The third kappa shape index (κ3) is 5.78. The van der Waals surface area contributed by atoms with Gasteiger partial charge in [0.25, 0.3) is 5.91 Å². The smallest absolute Gasteiger partial charge is 0.255 e. The summed E-state index contributed by atoms with van der Waals surface area (Å²) in [5.74, 6) is 1.80. The van der Waals surface area contributed by atoms with Crippen LogP contribution in [-0.2, 0) is 11.4 Å². The summed E-state index contributed by atoms with van der Waals surface area (Å²) in [6.45, 7) is 3.37. The van der Waals surface area contributed by atoms with Crippen molar-refractivity contribution in [3.63, 3.8) is 0 Å². The van der Waals surface area contributed by atoms with Gasteiger partial charge in [0.1, 0.15) is 18.2 Å². The van der Waals surface area contributed by atoms with Crippen LogP contribution < -0.4 is 9.64 Å². The number of benzene rings is 2. The van der Waals surface area contributed by atoms with Crippen molar-refractivity contribution >= 4 is 34.7 Å². The van der Waals surface area contributed by atoms with Gasteiger partial charge < -0.3 is 14.5 Å². The maximum absolute atomic E-state index is 13.6. The second kappa shape index (κ2) is 11.0. The Kier molecular flexibility index (Phi) is 7.20. The van der Waals surface area contributed by atoms with Gasteiger partial charge in [0.05, 0.1) is 5.57 Å². The summed E-state index contributed by atoms with van der Waals surface area (Å²) >= 11 is 1.58. The number of piperazine rings is 1. The van der Waals surface area contributed by atoms with E-state index in [1.807, 2.05) is 107 Å². The number of nitrogens with zero attached hydrogens (tertiary/aromatic N) is 3. The van der Waals surface area contributed by atoms with E-state index in [0.29, 0.717) is 25.3 Å². The Morgan fingerprint density at radius 2 is 1.74 bits per heavy atom. The van der Waals surface area contributed by atoms with Crippen LogP contribution in [-0.4, -0.2) is 42.0 Å². The van der Waals surface area contributed by atoms with Crippen LogP contribution in [0.2, 0.25) is 0 Å². The molecule has 35 heavy (non-hydrogen) atoms. The lowest BCUT2D eigenvalue weighted by Gasteiger charge is -2.35. The minimum atomic E-state index is 0.0590. The van der Waals surface area contributed by atoms with Gasteiger partial charge in [-0.15, -0.1) is 11.3 Å². The first-order valence-electron chi connectivity index (χ1n) is 11.7. The van der Waals surface area contributed by atoms with Crippen LogP contribution in [0.15, 0.2) is 96.5 Å². The van der Waals surface area contributed by atoms with Crippen molar-refractivity contribution in [2.45, 2.75) is 6.61 Å². The van der Waals surface area contributed by atoms with Gasteiger partial charge in [0.15, 0.2) is 0 Å². The molecule has 1 saturated heterocycles. The Balaban J connectivity index is 1.32. The zero-order valence-corrected chi connectivity index (χ0v) is 20.2. The molecule has 0 N–H and O–H groups in total. The third-order valence-corrected chi connectivity index (χ3v) is 6.88. The molecule has 0 saturated carbocycles. The average molecular weight is 482 g/mol. The molecule has 5 rings (SSSR count). The van der Waals surface area contributed by atoms with E-state index in [1.54, 1.807) is 11.3 Å². The van der Waals surface area contributed by atoms with E-state index in [-0.39, 0.29) is 5.91 Å². The number of carbonyl (C=O) groups excluding carboxylic acids is 1. The van der Waals surface area contributed by atoms with Crippen molar-refractivity contribution in [3.8, 4) is 5.75 Å². The van der Waals surface area contributed by atoms with Crippen LogP contribution in [0.25, 0.3) is 11.6 Å². The summed E-state index contributed by atoms with van der Waals surface area (Å²) in [6, 6.07) is 27.9. The number of pyridine rings is 1. The number of ether oxygens (including phenoxy) is 1. The van der Waals surface area contributed by atoms with Crippen molar-refractivity contribution in [1.82, 2.24) is 9.88 Å². The lowest BCUT2D eigenvalue weighted by molar-refractivity contribution is -0.125. The highest BCUT2D eigenvalue weighted by Gasteiger charge is 2.25. The Hall–Kier alpha value is -3.90. The van der Waals surface area contributed by atoms with E-state index in [0.717, 1.165) is 40.7 Å². The van der Waals surface area contributed by atoms with Gasteiger partial charge in [0.2, 0.25) is 0 Å². The van der Waals surface area contributed by atoms with E-state index in [9.17, 15) is 4.79 Å². The normalized spacial score (nSPS) is 14.1. The van der Waals surface area contributed by atoms with Crippen molar-refractivity contribution in [1.29, 1.82) is 0 Å². The second-order valence-electron chi connectivity index (χ2n) is 8.35. The van der Waals surface area contributed by atoms with Crippen LogP contribution >= 0.6 is 11.3 Å². The summed E-state index contributed by atoms with van der Waals surface area (Å²) in [7, 11) is 0. The van der Waals surface area contributed by atoms with Crippen molar-refractivity contribution in [3.05, 3.63) is 113 Å². The number of aromatic nitrogens is 1. The van der Waals surface area contributed by atoms with Gasteiger partial charge in [-0.3, -0.25) is 4.79 Å². The predicted octanol–water partition coefficient (Wildman–Crippen LogP) is 5.61. The first-order chi connectivity index (χ1) is 17.3. The molecule has 0 unspecified atom stereocenters. The predicted molar refractivity (Wildman–Crippen MR) is 142 cm³/mol. The summed E-state index contributed by atoms with van der Waals surface area (Å²) in [5, 5.41) is 2.01. The van der Waals surface area contributed by atoms with Gasteiger partial charge in [-0.2, -0.15) is 0 Å². The van der Waals surface area contributed by atoms with Gasteiger partial charge in [-0.25, -0.2) is 4.98 Å². The molecule has 0 aliphatic carbocycles. The Morgan fingerprint density at radius 1 is 0.914 bits per heavy atom. The maximum atomic E-state index is 13.6. The quantitative estimate of drug-likeness (QED) is 0.322. The largest absolute Gasteiger partial charge is 0.489 e. The Morgan fingerprint density at radius 3 is 2.49 bits per heavy atom. The average Bonchev–Trinajstić information content (AvgIpc) is 3.46. The van der Waals surface area contributed by atoms with Crippen LogP contribution in [0.5, 0.6) is 5.75 Å². The SMILES string of the molecule is O=C(/C(=C/c1cccc(OCc2ccccc2)c1)c1cccs1)N1CCN(c2ccccn2)CC1. The fraction of sp³-hybridized carbons (Fsp3) is 0.172. The molecule has 3 heterocycles. The Labute approximate surface area is 209 Å². The van der Waals surface area contributed by atoms with Gasteiger partial charge in [-0.05, 0) is 52.9 Å². The van der Waals surface area contributed by atoms with E-state index >= 15 is 0 Å². The number of thiophene rings is 1. The van der Waals surface area contributed by atoms with Crippen LogP contribution in [0.4, 0.5) is 5.82 Å². The van der Waals surface area contributed by atoms with Crippen LogP contribution in [0.3, 0.4) is 0 Å². The topological polar surface area (TPSA) is 45.7 Å². The molecule has 0 bridgehead atoms. The summed E-state index contributed by atoms with van der Waals surface area (Å²) in [6.07, 6.45) is 3.79. The number of anilines is 1. The molecular formula is C29H27N3O2S. The lowest BCUT2D eigenvalue weighted by Crippen LogP contribution is -2.49. The lowest BCUT2D eigenvalue weighted by atomic mass is 10.1. The highest BCUT2D eigenvalue weighted by Crippen LogP contribution is 2.27. The molecule has 1 aliphatic rings. The fourth-order valence-corrected chi connectivity index (χ4v) is 4.86. The van der Waals surface area contributed by atoms with E-state index in [2.05, 4.69) is 9.88 Å². The number of hydrogen-bond acceptors (Lipinski definition) is 5. The van der Waals surface area contributed by atoms with Crippen molar-refractivity contribution in [2.24, 2.45) is 0 Å². The molecule has 176 valence electrons. The standard InChI is InChI=1S/C29H27N3O2S/c33-29(32-17-15-31(16-18-32)28-13-4-5-14-30-28)26(27-12-7-19-35-27)21-24-10-6-11-25(20-24)34-22-23-8-2-1-3-9-23/h1-14,19-21H,15-18,22H2/b26-21+. The van der Waals surface area contributed by atoms with Crippen molar-refractivity contribution in [2.75, 3.05) is 31.1 Å². The third-order valence-electron chi connectivity index (χ3n) is 5.97. The number of carbonyl (C=O) groups is 1. The first kappa shape index (κ1) is 22.9. The molecule has 4 aromatic rings. The zero-order chi connectivity index (χ0) is 23.9. The second-order valence-corrected chi connectivity index (χ2v) is 9.30. The van der Waals surface area contributed by atoms with Crippen LogP contribution in [0.1, 0.15) is 16.0 Å². The highest BCUT2D eigenvalue weighted by atomic mass is 32.1. The molecular weight excluding hydrogens is 454 g/mol. The molecule has 5 nitrogen and oxygen atoms in total. The minimum absolute atomic E-state index is 0.0590. The van der Waals surface area contributed by atoms with Crippen molar-refractivity contribution < 1.29 is 9.53 Å². The monoisotopic (exact) mass is 481 g/mol. The van der Waals surface area contributed by atoms with Crippen LogP contribution in [0, 0.1) is 0 Å². The summed E-state index contributed by atoms with van der Waals surface area (Å²) in [5.41, 5.74) is 2.78. The molecule has 0 spiro atoms. The zero-order valence-electron chi connectivity index (χ0n) is 19.4. The molecule has 1 fully saturated rings. The van der Waals surface area contributed by atoms with Gasteiger partial charge in [0, 0.05) is 37.3 Å². The molecule has 6 heteroatoms. The minimum Gasteiger partial charge on any atom is -0.489 e. The number of amides is 1. The van der Waals surface area contributed by atoms with Gasteiger partial charge in [-0.1, -0.05) is 54.6 Å². The fourth-order valence-electron chi connectivity index (χ4n) is 4.12. The number of rotatable bonds is 7. The molecule has 0 radical (unpaired) electrons. The molecule has 2 aromatic carbocycles. The molecule has 2 aromatic heterocycles. The maximum Gasteiger partial charge on any atom is 0.255 e. The van der Waals surface area contributed by atoms with E-state index < -0.39 is 0 Å². The highest BCUT2D eigenvalue weighted by molar-refractivity contribution is 7.11. The first-order valence-corrected chi connectivity index (χ1v) is 12.6. The van der Waals surface area contributed by atoms with E-state index in [4.69, 9.17) is 4.74 Å². The molecule has 1 aliphatic heterocycles.